The Hall–Kier alpha value is -1.31. The molecule has 1 aromatic carbocycles. The second-order valence-electron chi connectivity index (χ2n) is 5.18. The second kappa shape index (κ2) is 3.34. The van der Waals surface area contributed by atoms with Crippen molar-refractivity contribution >= 4 is 5.97 Å². The summed E-state index contributed by atoms with van der Waals surface area (Å²) in [7, 11) is 0. The summed E-state index contributed by atoms with van der Waals surface area (Å²) in [6.45, 7) is 2.20. The molecule has 3 atom stereocenters. The Kier molecular flexibility index (Phi) is 2.06. The maximum absolute atomic E-state index is 11.8. The molecule has 1 heterocycles. The minimum absolute atomic E-state index is 0.00820. The third-order valence-electron chi connectivity index (χ3n) is 4.22. The van der Waals surface area contributed by atoms with Crippen LogP contribution in [0.15, 0.2) is 30.3 Å². The maximum atomic E-state index is 11.8. The molecule has 2 aliphatic rings. The van der Waals surface area contributed by atoms with Gasteiger partial charge in [0.1, 0.15) is 6.10 Å². The molecule has 1 aromatic rings. The number of carbonyl (C=O) groups is 1. The third-order valence-corrected chi connectivity index (χ3v) is 4.22. The minimum Gasteiger partial charge on any atom is -0.457 e. The molecule has 0 radical (unpaired) electrons. The molecule has 1 aliphatic carbocycles. The number of carbonyl (C=O) groups excluding carboxylic acids is 1. The Morgan fingerprint density at radius 3 is 2.81 bits per heavy atom. The smallest absolute Gasteiger partial charge is 0.310 e. The van der Waals surface area contributed by atoms with Gasteiger partial charge in [-0.2, -0.15) is 0 Å². The van der Waals surface area contributed by atoms with Crippen LogP contribution >= 0.6 is 0 Å². The zero-order valence-corrected chi connectivity index (χ0v) is 9.48. The van der Waals surface area contributed by atoms with E-state index in [0.717, 1.165) is 24.8 Å². The lowest BCUT2D eigenvalue weighted by Crippen LogP contribution is -2.23. The van der Waals surface area contributed by atoms with Crippen LogP contribution in [0.2, 0.25) is 0 Å². The van der Waals surface area contributed by atoms with E-state index in [1.807, 2.05) is 18.2 Å². The molecule has 0 unspecified atom stereocenters. The molecular formula is C14H16O2. The SMILES string of the molecule is C[C@]12CCC[C@@H]1C(=O)O[C@@H]2c1ccccc1. The lowest BCUT2D eigenvalue weighted by molar-refractivity contribution is -0.144. The Labute approximate surface area is 95.6 Å². The molecule has 2 heteroatoms. The largest absolute Gasteiger partial charge is 0.457 e. The van der Waals surface area contributed by atoms with Gasteiger partial charge in [-0.05, 0) is 18.4 Å². The Morgan fingerprint density at radius 2 is 2.06 bits per heavy atom. The summed E-state index contributed by atoms with van der Waals surface area (Å²) < 4.78 is 5.58. The highest BCUT2D eigenvalue weighted by Gasteiger charge is 2.56. The number of hydrogen-bond donors (Lipinski definition) is 0. The quantitative estimate of drug-likeness (QED) is 0.674. The van der Waals surface area contributed by atoms with Crippen molar-refractivity contribution < 1.29 is 9.53 Å². The number of rotatable bonds is 1. The van der Waals surface area contributed by atoms with Gasteiger partial charge in [0.2, 0.25) is 0 Å². The molecule has 0 spiro atoms. The molecule has 84 valence electrons. The van der Waals surface area contributed by atoms with Crippen LogP contribution in [-0.2, 0) is 9.53 Å². The summed E-state index contributed by atoms with van der Waals surface area (Å²) in [6, 6.07) is 10.1. The highest BCUT2D eigenvalue weighted by molar-refractivity contribution is 5.77. The number of fused-ring (bicyclic) bond motifs is 1. The topological polar surface area (TPSA) is 26.3 Å². The van der Waals surface area contributed by atoms with Crippen molar-refractivity contribution in [3.05, 3.63) is 35.9 Å². The fraction of sp³-hybridized carbons (Fsp3) is 0.500. The Bertz CT molecular complexity index is 412. The zero-order chi connectivity index (χ0) is 11.2. The van der Waals surface area contributed by atoms with E-state index in [4.69, 9.17) is 4.74 Å². The van der Waals surface area contributed by atoms with Gasteiger partial charge in [0, 0.05) is 5.41 Å². The van der Waals surface area contributed by atoms with Crippen molar-refractivity contribution in [3.8, 4) is 0 Å². The van der Waals surface area contributed by atoms with Gasteiger partial charge in [0.25, 0.3) is 0 Å². The average molecular weight is 216 g/mol. The van der Waals surface area contributed by atoms with Gasteiger partial charge < -0.3 is 4.74 Å². The van der Waals surface area contributed by atoms with E-state index < -0.39 is 0 Å². The molecule has 0 N–H and O–H groups in total. The standard InChI is InChI=1S/C14H16O2/c1-14-9-5-8-11(14)13(15)16-12(14)10-6-3-2-4-7-10/h2-4,6-7,11-12H,5,8-9H2,1H3/t11-,12-,14+/m1/s1. The number of benzene rings is 1. The fourth-order valence-corrected chi connectivity index (χ4v) is 3.30. The molecule has 1 saturated carbocycles. The van der Waals surface area contributed by atoms with Crippen molar-refractivity contribution in [2.75, 3.05) is 0 Å². The lowest BCUT2D eigenvalue weighted by Gasteiger charge is -2.27. The number of ether oxygens (including phenoxy) is 1. The highest BCUT2D eigenvalue weighted by atomic mass is 16.6. The van der Waals surface area contributed by atoms with E-state index in [2.05, 4.69) is 19.1 Å². The second-order valence-corrected chi connectivity index (χ2v) is 5.18. The van der Waals surface area contributed by atoms with Crippen molar-refractivity contribution in [1.29, 1.82) is 0 Å². The van der Waals surface area contributed by atoms with Gasteiger partial charge in [-0.15, -0.1) is 0 Å². The molecule has 2 nitrogen and oxygen atoms in total. The van der Waals surface area contributed by atoms with Gasteiger partial charge >= 0.3 is 5.97 Å². The van der Waals surface area contributed by atoms with Crippen LogP contribution < -0.4 is 0 Å². The van der Waals surface area contributed by atoms with Gasteiger partial charge in [-0.3, -0.25) is 4.79 Å². The zero-order valence-electron chi connectivity index (χ0n) is 9.48. The predicted molar refractivity (Wildman–Crippen MR) is 60.7 cm³/mol. The normalized spacial score (nSPS) is 37.2. The monoisotopic (exact) mass is 216 g/mol. The number of hydrogen-bond acceptors (Lipinski definition) is 2. The Morgan fingerprint density at radius 1 is 1.31 bits per heavy atom. The maximum Gasteiger partial charge on any atom is 0.310 e. The molecule has 0 bridgehead atoms. The van der Waals surface area contributed by atoms with E-state index in [1.54, 1.807) is 0 Å². The van der Waals surface area contributed by atoms with Crippen molar-refractivity contribution in [2.45, 2.75) is 32.3 Å². The van der Waals surface area contributed by atoms with Crippen LogP contribution in [0.4, 0.5) is 0 Å². The van der Waals surface area contributed by atoms with E-state index in [0.29, 0.717) is 0 Å². The van der Waals surface area contributed by atoms with Crippen LogP contribution in [0.5, 0.6) is 0 Å². The van der Waals surface area contributed by atoms with E-state index >= 15 is 0 Å². The summed E-state index contributed by atoms with van der Waals surface area (Å²) in [6.07, 6.45) is 3.22. The van der Waals surface area contributed by atoms with Crippen molar-refractivity contribution in [1.82, 2.24) is 0 Å². The average Bonchev–Trinajstić information content (AvgIpc) is 2.79. The predicted octanol–water partition coefficient (Wildman–Crippen LogP) is 3.09. The Balaban J connectivity index is 2.00. The molecule has 0 aromatic heterocycles. The van der Waals surface area contributed by atoms with Crippen LogP contribution in [0, 0.1) is 11.3 Å². The van der Waals surface area contributed by atoms with Crippen molar-refractivity contribution in [2.24, 2.45) is 11.3 Å². The summed E-state index contributed by atoms with van der Waals surface area (Å²) in [5.74, 6) is 0.131. The first-order valence-corrected chi connectivity index (χ1v) is 5.97. The van der Waals surface area contributed by atoms with Crippen LogP contribution in [0.3, 0.4) is 0 Å². The third kappa shape index (κ3) is 1.22. The molecule has 1 saturated heterocycles. The molecule has 16 heavy (non-hydrogen) atoms. The van der Waals surface area contributed by atoms with Crippen molar-refractivity contribution in [3.63, 3.8) is 0 Å². The summed E-state index contributed by atoms with van der Waals surface area (Å²) in [5.41, 5.74) is 1.17. The first kappa shape index (κ1) is 9.88. The van der Waals surface area contributed by atoms with Gasteiger partial charge in [-0.25, -0.2) is 0 Å². The molecular weight excluding hydrogens is 200 g/mol. The first-order valence-electron chi connectivity index (χ1n) is 5.97. The molecule has 0 amide bonds. The van der Waals surface area contributed by atoms with Crippen LogP contribution in [0.1, 0.15) is 37.9 Å². The van der Waals surface area contributed by atoms with Gasteiger partial charge in [0.15, 0.2) is 0 Å². The summed E-state index contributed by atoms with van der Waals surface area (Å²) in [4.78, 5) is 11.8. The number of cyclic esters (lactones) is 1. The molecule has 2 fully saturated rings. The van der Waals surface area contributed by atoms with Crippen LogP contribution in [-0.4, -0.2) is 5.97 Å². The summed E-state index contributed by atoms with van der Waals surface area (Å²) in [5, 5.41) is 0. The first-order chi connectivity index (χ1) is 7.72. The highest BCUT2D eigenvalue weighted by Crippen LogP contribution is 2.57. The van der Waals surface area contributed by atoms with E-state index in [9.17, 15) is 4.79 Å². The summed E-state index contributed by atoms with van der Waals surface area (Å²) >= 11 is 0. The molecule has 1 aliphatic heterocycles. The molecule has 3 rings (SSSR count). The number of esters is 1. The fourth-order valence-electron chi connectivity index (χ4n) is 3.30. The van der Waals surface area contributed by atoms with Crippen LogP contribution in [0.25, 0.3) is 0 Å². The van der Waals surface area contributed by atoms with E-state index in [1.165, 1.54) is 0 Å². The minimum atomic E-state index is -0.0336. The lowest BCUT2D eigenvalue weighted by atomic mass is 9.75. The van der Waals surface area contributed by atoms with Gasteiger partial charge in [0.05, 0.1) is 5.92 Å². The van der Waals surface area contributed by atoms with E-state index in [-0.39, 0.29) is 23.4 Å². The van der Waals surface area contributed by atoms with Gasteiger partial charge in [-0.1, -0.05) is 43.7 Å².